The zero-order chi connectivity index (χ0) is 21.9. The van der Waals surface area contributed by atoms with E-state index >= 15 is 0 Å². The maximum Gasteiger partial charge on any atom is 0.0868 e. The van der Waals surface area contributed by atoms with Crippen LogP contribution in [0.1, 0.15) is 11.1 Å². The average Bonchev–Trinajstić information content (AvgIpc) is 2.87. The lowest BCUT2D eigenvalue weighted by atomic mass is 9.88. The second-order valence-corrected chi connectivity index (χ2v) is 7.35. The fourth-order valence-corrected chi connectivity index (χ4v) is 3.60. The van der Waals surface area contributed by atoms with Crippen molar-refractivity contribution >= 4 is 22.6 Å². The third-order valence-electron chi connectivity index (χ3n) is 5.25. The highest BCUT2D eigenvalue weighted by atomic mass is 14.7. The molecule has 0 bridgehead atoms. The van der Waals surface area contributed by atoms with Crippen LogP contribution >= 0.6 is 0 Å². The molecule has 0 amide bonds. The third kappa shape index (κ3) is 3.77. The van der Waals surface area contributed by atoms with E-state index in [-0.39, 0.29) is 11.4 Å². The van der Waals surface area contributed by atoms with Gasteiger partial charge in [-0.25, -0.2) is 0 Å². The molecule has 5 rings (SSSR count). The van der Waals surface area contributed by atoms with Gasteiger partial charge in [0.25, 0.3) is 0 Å². The topological polar surface area (TPSA) is 99.3 Å². The summed E-state index contributed by atoms with van der Waals surface area (Å²) in [7, 11) is 0. The Balaban J connectivity index is 1.56. The summed E-state index contributed by atoms with van der Waals surface area (Å²) in [5.74, 6) is 0. The SMILES string of the molecule is N=C1C=C(c2cncc(-c3cccnc3)c2)C=C(c2cncc(-c3cccnc3)c2)C1=N. The number of rotatable bonds is 4. The van der Waals surface area contributed by atoms with Gasteiger partial charge in [0.05, 0.1) is 11.4 Å². The van der Waals surface area contributed by atoms with Crippen molar-refractivity contribution in [1.82, 2.24) is 19.9 Å². The van der Waals surface area contributed by atoms with E-state index in [2.05, 4.69) is 19.9 Å². The first-order valence-corrected chi connectivity index (χ1v) is 10.0. The molecule has 0 saturated carbocycles. The highest BCUT2D eigenvalue weighted by molar-refractivity contribution is 6.61. The van der Waals surface area contributed by atoms with Gasteiger partial charge in [-0.05, 0) is 42.0 Å². The summed E-state index contributed by atoms with van der Waals surface area (Å²) >= 11 is 0. The third-order valence-corrected chi connectivity index (χ3v) is 5.25. The first-order valence-electron chi connectivity index (χ1n) is 10.0. The van der Waals surface area contributed by atoms with E-state index < -0.39 is 0 Å². The van der Waals surface area contributed by atoms with Crippen LogP contribution < -0.4 is 0 Å². The van der Waals surface area contributed by atoms with E-state index in [0.717, 1.165) is 39.0 Å². The summed E-state index contributed by atoms with van der Waals surface area (Å²) < 4.78 is 0. The van der Waals surface area contributed by atoms with Gasteiger partial charge in [0, 0.05) is 88.5 Å². The molecule has 0 unspecified atom stereocenters. The molecule has 0 aromatic carbocycles. The van der Waals surface area contributed by atoms with Gasteiger partial charge >= 0.3 is 0 Å². The van der Waals surface area contributed by atoms with Crippen LogP contribution in [-0.2, 0) is 0 Å². The Morgan fingerprint density at radius 3 is 1.66 bits per heavy atom. The fraction of sp³-hybridized carbons (Fsp3) is 0. The van der Waals surface area contributed by atoms with E-state index in [1.165, 1.54) is 0 Å². The van der Waals surface area contributed by atoms with Gasteiger partial charge < -0.3 is 0 Å². The molecule has 32 heavy (non-hydrogen) atoms. The van der Waals surface area contributed by atoms with Crippen LogP contribution in [0.25, 0.3) is 33.4 Å². The van der Waals surface area contributed by atoms with Crippen LogP contribution in [0.5, 0.6) is 0 Å². The predicted molar refractivity (Wildman–Crippen MR) is 126 cm³/mol. The minimum absolute atomic E-state index is 0.149. The molecule has 2 N–H and O–H groups in total. The van der Waals surface area contributed by atoms with E-state index in [4.69, 9.17) is 10.8 Å². The molecule has 4 aromatic rings. The largest absolute Gasteiger partial charge is 0.299 e. The Morgan fingerprint density at radius 2 is 1.06 bits per heavy atom. The van der Waals surface area contributed by atoms with E-state index in [9.17, 15) is 0 Å². The summed E-state index contributed by atoms with van der Waals surface area (Å²) in [6, 6.07) is 11.7. The van der Waals surface area contributed by atoms with Crippen LogP contribution in [0.4, 0.5) is 0 Å². The molecule has 0 fully saturated rings. The quantitative estimate of drug-likeness (QED) is 0.453. The van der Waals surface area contributed by atoms with Gasteiger partial charge in [-0.15, -0.1) is 0 Å². The van der Waals surface area contributed by atoms with Crippen molar-refractivity contribution in [2.45, 2.75) is 0 Å². The second-order valence-electron chi connectivity index (χ2n) is 7.35. The van der Waals surface area contributed by atoms with Gasteiger partial charge in [0.15, 0.2) is 0 Å². The van der Waals surface area contributed by atoms with E-state index in [1.807, 2.05) is 42.5 Å². The Labute approximate surface area is 185 Å². The first kappa shape index (κ1) is 19.4. The summed E-state index contributed by atoms with van der Waals surface area (Å²) in [5, 5.41) is 16.9. The molecule has 1 aliphatic rings. The Hall–Kier alpha value is -4.58. The van der Waals surface area contributed by atoms with Gasteiger partial charge in [-0.3, -0.25) is 30.8 Å². The van der Waals surface area contributed by atoms with E-state index in [0.29, 0.717) is 5.57 Å². The molecule has 152 valence electrons. The van der Waals surface area contributed by atoms with Crippen LogP contribution in [0.3, 0.4) is 0 Å². The van der Waals surface area contributed by atoms with Crippen molar-refractivity contribution < 1.29 is 0 Å². The van der Waals surface area contributed by atoms with E-state index in [1.54, 1.807) is 55.7 Å². The lowest BCUT2D eigenvalue weighted by molar-refractivity contribution is 1.28. The maximum absolute atomic E-state index is 8.49. The number of nitrogens with one attached hydrogen (secondary N) is 2. The highest BCUT2D eigenvalue weighted by Gasteiger charge is 2.19. The van der Waals surface area contributed by atoms with Crippen molar-refractivity contribution in [1.29, 1.82) is 10.8 Å². The van der Waals surface area contributed by atoms with Gasteiger partial charge in [-0.2, -0.15) is 0 Å². The van der Waals surface area contributed by atoms with Gasteiger partial charge in [0.2, 0.25) is 0 Å². The van der Waals surface area contributed by atoms with Crippen LogP contribution in [0, 0.1) is 10.8 Å². The Kier molecular flexibility index (Phi) is 5.01. The van der Waals surface area contributed by atoms with Crippen LogP contribution in [0.15, 0.2) is 98.1 Å². The number of hydrogen-bond donors (Lipinski definition) is 2. The molecule has 4 aromatic heterocycles. The smallest absolute Gasteiger partial charge is 0.0868 e. The van der Waals surface area contributed by atoms with Gasteiger partial charge in [0.1, 0.15) is 0 Å². The lowest BCUT2D eigenvalue weighted by Crippen LogP contribution is -2.16. The molecule has 0 saturated heterocycles. The molecule has 0 aliphatic heterocycles. The first-order chi connectivity index (χ1) is 15.7. The number of hydrogen-bond acceptors (Lipinski definition) is 6. The number of nitrogens with zero attached hydrogens (tertiary/aromatic N) is 4. The zero-order valence-corrected chi connectivity index (χ0v) is 17.0. The maximum atomic E-state index is 8.49. The molecule has 0 radical (unpaired) electrons. The molecule has 6 heteroatoms. The van der Waals surface area contributed by atoms with Crippen molar-refractivity contribution in [3.63, 3.8) is 0 Å². The summed E-state index contributed by atoms with van der Waals surface area (Å²) in [6.45, 7) is 0. The minimum Gasteiger partial charge on any atom is -0.299 e. The van der Waals surface area contributed by atoms with Crippen LogP contribution in [0.2, 0.25) is 0 Å². The fourth-order valence-electron chi connectivity index (χ4n) is 3.60. The summed E-state index contributed by atoms with van der Waals surface area (Å²) in [5.41, 5.74) is 7.21. The Morgan fingerprint density at radius 1 is 0.531 bits per heavy atom. The normalized spacial score (nSPS) is 13.5. The molecular weight excluding hydrogens is 396 g/mol. The number of aromatic nitrogens is 4. The molecule has 0 spiro atoms. The number of pyridine rings is 4. The second kappa shape index (κ2) is 8.28. The molecular formula is C26H18N6. The van der Waals surface area contributed by atoms with Crippen molar-refractivity contribution in [2.75, 3.05) is 0 Å². The monoisotopic (exact) mass is 414 g/mol. The molecule has 4 heterocycles. The molecule has 0 atom stereocenters. The molecule has 6 nitrogen and oxygen atoms in total. The zero-order valence-electron chi connectivity index (χ0n) is 17.0. The summed E-state index contributed by atoms with van der Waals surface area (Å²) in [4.78, 5) is 17.1. The summed E-state index contributed by atoms with van der Waals surface area (Å²) in [6.07, 6.45) is 17.7. The average molecular weight is 414 g/mol. The highest BCUT2D eigenvalue weighted by Crippen LogP contribution is 2.31. The van der Waals surface area contributed by atoms with Crippen molar-refractivity contribution in [3.05, 3.63) is 109 Å². The number of allylic oxidation sites excluding steroid dienone is 4. The molecule has 1 aliphatic carbocycles. The lowest BCUT2D eigenvalue weighted by Gasteiger charge is -2.17. The predicted octanol–water partition coefficient (Wildman–Crippen LogP) is 5.12. The van der Waals surface area contributed by atoms with Crippen molar-refractivity contribution in [2.24, 2.45) is 0 Å². The Bertz CT molecular complexity index is 1390. The minimum atomic E-state index is 0.149. The standard InChI is InChI=1S/C26H18N6/c27-25-10-19(22-7-20(13-31-15-22)17-3-1-5-29-11-17)9-24(26(25)28)23-8-21(14-32-16-23)18-4-2-6-30-12-18/h1-16,27-28H. The van der Waals surface area contributed by atoms with Crippen molar-refractivity contribution in [3.8, 4) is 22.3 Å². The van der Waals surface area contributed by atoms with Crippen LogP contribution in [-0.4, -0.2) is 31.4 Å². The van der Waals surface area contributed by atoms with Gasteiger partial charge in [-0.1, -0.05) is 12.1 Å².